The van der Waals surface area contributed by atoms with Crippen molar-refractivity contribution >= 4 is 0 Å². The average Bonchev–Trinajstić information content (AvgIpc) is 3.11. The van der Waals surface area contributed by atoms with E-state index in [4.69, 9.17) is 4.74 Å². The lowest BCUT2D eigenvalue weighted by atomic mass is 9.85. The van der Waals surface area contributed by atoms with E-state index >= 15 is 0 Å². The molecule has 1 heteroatoms. The van der Waals surface area contributed by atoms with Crippen molar-refractivity contribution < 1.29 is 4.74 Å². The van der Waals surface area contributed by atoms with Crippen LogP contribution in [0.1, 0.15) is 84.0 Å². The number of hydrogen-bond acceptors (Lipinski definition) is 1. The van der Waals surface area contributed by atoms with Crippen LogP contribution >= 0.6 is 0 Å². The van der Waals surface area contributed by atoms with E-state index in [0.29, 0.717) is 5.60 Å². The maximum atomic E-state index is 5.81. The Balaban J connectivity index is 1.75. The van der Waals surface area contributed by atoms with Crippen molar-refractivity contribution in [1.82, 2.24) is 0 Å². The van der Waals surface area contributed by atoms with E-state index in [1.807, 2.05) is 0 Å². The third-order valence-corrected chi connectivity index (χ3v) is 4.90. The average molecular weight is 238 g/mol. The summed E-state index contributed by atoms with van der Waals surface area (Å²) in [6, 6.07) is 0. The van der Waals surface area contributed by atoms with Crippen molar-refractivity contribution in [3.05, 3.63) is 0 Å². The molecule has 1 saturated heterocycles. The molecule has 1 saturated carbocycles. The molecule has 0 amide bonds. The van der Waals surface area contributed by atoms with Crippen molar-refractivity contribution in [1.29, 1.82) is 0 Å². The molecule has 0 bridgehead atoms. The van der Waals surface area contributed by atoms with Crippen LogP contribution in [-0.4, -0.2) is 12.2 Å². The van der Waals surface area contributed by atoms with Gasteiger partial charge >= 0.3 is 0 Å². The molecule has 0 aromatic carbocycles. The number of ether oxygens (including phenoxy) is 1. The van der Waals surface area contributed by atoms with Crippen molar-refractivity contribution in [3.63, 3.8) is 0 Å². The van der Waals surface area contributed by atoms with Crippen molar-refractivity contribution in [2.75, 3.05) is 6.61 Å². The summed E-state index contributed by atoms with van der Waals surface area (Å²) in [5.74, 6) is 0.797. The molecular weight excluding hydrogens is 208 g/mol. The highest BCUT2D eigenvalue weighted by atomic mass is 16.6. The van der Waals surface area contributed by atoms with Crippen molar-refractivity contribution in [2.24, 2.45) is 5.92 Å². The first-order chi connectivity index (χ1) is 8.33. The first kappa shape index (κ1) is 13.4. The van der Waals surface area contributed by atoms with E-state index in [0.717, 1.165) is 12.5 Å². The Morgan fingerprint density at radius 2 is 1.24 bits per heavy atom. The molecule has 2 fully saturated rings. The topological polar surface area (TPSA) is 12.5 Å². The largest absolute Gasteiger partial charge is 0.369 e. The third-order valence-electron chi connectivity index (χ3n) is 4.90. The zero-order valence-electron chi connectivity index (χ0n) is 11.7. The minimum Gasteiger partial charge on any atom is -0.369 e. The zero-order valence-corrected chi connectivity index (χ0v) is 11.7. The summed E-state index contributed by atoms with van der Waals surface area (Å²) < 4.78 is 5.81. The fraction of sp³-hybridized carbons (Fsp3) is 1.00. The number of epoxide rings is 1. The highest BCUT2D eigenvalue weighted by Crippen LogP contribution is 2.42. The molecule has 2 atom stereocenters. The summed E-state index contributed by atoms with van der Waals surface area (Å²) in [5, 5.41) is 0. The van der Waals surface area contributed by atoms with E-state index in [2.05, 4.69) is 6.92 Å². The van der Waals surface area contributed by atoms with Crippen LogP contribution in [0.3, 0.4) is 0 Å². The van der Waals surface area contributed by atoms with Gasteiger partial charge in [0, 0.05) is 0 Å². The van der Waals surface area contributed by atoms with Crippen LogP contribution in [0.4, 0.5) is 0 Å². The monoisotopic (exact) mass is 238 g/mol. The Hall–Kier alpha value is -0.0400. The molecule has 2 rings (SSSR count). The van der Waals surface area contributed by atoms with Gasteiger partial charge in [-0.05, 0) is 18.8 Å². The minimum absolute atomic E-state index is 0.324. The van der Waals surface area contributed by atoms with Gasteiger partial charge in [0.2, 0.25) is 0 Å². The van der Waals surface area contributed by atoms with Crippen molar-refractivity contribution in [3.8, 4) is 0 Å². The van der Waals surface area contributed by atoms with Crippen molar-refractivity contribution in [2.45, 2.75) is 89.6 Å². The van der Waals surface area contributed by atoms with E-state index in [1.165, 1.54) is 77.0 Å². The van der Waals surface area contributed by atoms with Gasteiger partial charge in [-0.3, -0.25) is 0 Å². The standard InChI is InChI=1S/C16H30O/c1-15-12-10-8-6-4-2-3-5-7-9-11-13-16(15)14-17-16/h15H,2-14H2,1H3. The molecular formula is C16H30O. The molecule has 17 heavy (non-hydrogen) atoms. The fourth-order valence-corrected chi connectivity index (χ4v) is 3.32. The van der Waals surface area contributed by atoms with E-state index in [9.17, 15) is 0 Å². The second kappa shape index (κ2) is 6.78. The highest BCUT2D eigenvalue weighted by Gasteiger charge is 2.48. The SMILES string of the molecule is CC1CCCCCCCCCCCCC12CO2. The summed E-state index contributed by atoms with van der Waals surface area (Å²) in [7, 11) is 0. The van der Waals surface area contributed by atoms with Gasteiger partial charge in [0.25, 0.3) is 0 Å². The van der Waals surface area contributed by atoms with Crippen LogP contribution in [-0.2, 0) is 4.74 Å². The van der Waals surface area contributed by atoms with Crippen LogP contribution in [0.5, 0.6) is 0 Å². The molecule has 100 valence electrons. The fourth-order valence-electron chi connectivity index (χ4n) is 3.32. The van der Waals surface area contributed by atoms with E-state index < -0.39 is 0 Å². The predicted octanol–water partition coefficient (Wildman–Crippen LogP) is 5.09. The Bertz CT molecular complexity index is 208. The normalized spacial score (nSPS) is 37.6. The van der Waals surface area contributed by atoms with E-state index in [-0.39, 0.29) is 0 Å². The molecule has 0 aromatic rings. The second-order valence-electron chi connectivity index (χ2n) is 6.33. The summed E-state index contributed by atoms with van der Waals surface area (Å²) in [5.41, 5.74) is 0.324. The summed E-state index contributed by atoms with van der Waals surface area (Å²) >= 11 is 0. The first-order valence-electron chi connectivity index (χ1n) is 7.97. The number of hydrogen-bond donors (Lipinski definition) is 0. The summed E-state index contributed by atoms with van der Waals surface area (Å²) in [6.07, 6.45) is 17.2. The molecule has 0 aromatic heterocycles. The third kappa shape index (κ3) is 4.28. The van der Waals surface area contributed by atoms with Gasteiger partial charge in [0.1, 0.15) is 0 Å². The minimum atomic E-state index is 0.324. The van der Waals surface area contributed by atoms with Crippen LogP contribution < -0.4 is 0 Å². The molecule has 1 spiro atoms. The Labute approximate surface area is 107 Å². The van der Waals surface area contributed by atoms with Gasteiger partial charge in [-0.2, -0.15) is 0 Å². The Morgan fingerprint density at radius 3 is 1.76 bits per heavy atom. The lowest BCUT2D eigenvalue weighted by molar-refractivity contribution is 0.198. The maximum absolute atomic E-state index is 5.81. The summed E-state index contributed by atoms with van der Waals surface area (Å²) in [4.78, 5) is 0. The first-order valence-corrected chi connectivity index (χ1v) is 7.97. The lowest BCUT2D eigenvalue weighted by Gasteiger charge is -2.20. The lowest BCUT2D eigenvalue weighted by Crippen LogP contribution is -2.22. The smallest absolute Gasteiger partial charge is 0.0941 e. The second-order valence-corrected chi connectivity index (χ2v) is 6.33. The van der Waals surface area contributed by atoms with Crippen LogP contribution in [0, 0.1) is 5.92 Å². The molecule has 0 N–H and O–H groups in total. The van der Waals surface area contributed by atoms with E-state index in [1.54, 1.807) is 0 Å². The molecule has 1 heterocycles. The van der Waals surface area contributed by atoms with Gasteiger partial charge in [-0.15, -0.1) is 0 Å². The zero-order chi connectivity index (χ0) is 12.0. The molecule has 2 aliphatic rings. The summed E-state index contributed by atoms with van der Waals surface area (Å²) in [6.45, 7) is 3.47. The Kier molecular flexibility index (Phi) is 5.34. The molecule has 0 radical (unpaired) electrons. The Morgan fingerprint density at radius 1 is 0.765 bits per heavy atom. The highest BCUT2D eigenvalue weighted by molar-refractivity contribution is 4.96. The molecule has 1 nitrogen and oxygen atoms in total. The van der Waals surface area contributed by atoms with Gasteiger partial charge < -0.3 is 4.74 Å². The van der Waals surface area contributed by atoms with Crippen LogP contribution in [0.25, 0.3) is 0 Å². The molecule has 1 aliphatic heterocycles. The van der Waals surface area contributed by atoms with Gasteiger partial charge in [0.15, 0.2) is 0 Å². The van der Waals surface area contributed by atoms with Gasteiger partial charge in [-0.1, -0.05) is 71.1 Å². The number of rotatable bonds is 0. The van der Waals surface area contributed by atoms with Crippen LogP contribution in [0.15, 0.2) is 0 Å². The quantitative estimate of drug-likeness (QED) is 0.536. The predicted molar refractivity (Wildman–Crippen MR) is 73.3 cm³/mol. The maximum Gasteiger partial charge on any atom is 0.0941 e. The van der Waals surface area contributed by atoms with Crippen LogP contribution in [0.2, 0.25) is 0 Å². The van der Waals surface area contributed by atoms with Gasteiger partial charge in [-0.25, -0.2) is 0 Å². The molecule has 2 unspecified atom stereocenters. The van der Waals surface area contributed by atoms with Gasteiger partial charge in [0.05, 0.1) is 12.2 Å². The molecule has 1 aliphatic carbocycles.